The first-order chi connectivity index (χ1) is 9.78. The van der Waals surface area contributed by atoms with Crippen LogP contribution in [0.15, 0.2) is 18.5 Å². The molecule has 0 bridgehead atoms. The molecule has 3 rings (SSSR count). The van der Waals surface area contributed by atoms with Crippen LogP contribution in [0.3, 0.4) is 0 Å². The van der Waals surface area contributed by atoms with Crippen molar-refractivity contribution in [3.63, 3.8) is 0 Å². The standard InChI is InChI=1S/C15H21N3S2/c1-3-16-12(9-15-17-5-6-18(15)2)14-8-11-10-19-7-4-13(11)20-14/h5-6,8,12,16H,3-4,7,9-10H2,1-2H3. The van der Waals surface area contributed by atoms with E-state index in [2.05, 4.69) is 46.7 Å². The molecule has 1 aliphatic heterocycles. The lowest BCUT2D eigenvalue weighted by atomic mass is 10.1. The van der Waals surface area contributed by atoms with Crippen LogP contribution in [0.1, 0.15) is 34.1 Å². The molecular formula is C15H21N3S2. The fourth-order valence-corrected chi connectivity index (χ4v) is 5.09. The van der Waals surface area contributed by atoms with Gasteiger partial charge in [-0.15, -0.1) is 11.3 Å². The number of aromatic nitrogens is 2. The summed E-state index contributed by atoms with van der Waals surface area (Å²) in [5, 5.41) is 3.62. The van der Waals surface area contributed by atoms with Crippen LogP contribution in [0, 0.1) is 0 Å². The minimum atomic E-state index is 0.390. The van der Waals surface area contributed by atoms with Gasteiger partial charge in [0.25, 0.3) is 0 Å². The van der Waals surface area contributed by atoms with Crippen LogP contribution in [-0.4, -0.2) is 21.8 Å². The predicted molar refractivity (Wildman–Crippen MR) is 87.5 cm³/mol. The van der Waals surface area contributed by atoms with Crippen LogP contribution in [0.25, 0.3) is 0 Å². The Bertz CT molecular complexity index is 550. The molecule has 108 valence electrons. The lowest BCUT2D eigenvalue weighted by Gasteiger charge is -2.16. The zero-order valence-electron chi connectivity index (χ0n) is 12.1. The number of nitrogens with one attached hydrogen (secondary N) is 1. The van der Waals surface area contributed by atoms with Crippen molar-refractivity contribution >= 4 is 23.1 Å². The number of thioether (sulfide) groups is 1. The summed E-state index contributed by atoms with van der Waals surface area (Å²) in [6.45, 7) is 3.17. The molecule has 1 unspecified atom stereocenters. The Hall–Kier alpha value is -0.780. The van der Waals surface area contributed by atoms with Gasteiger partial charge in [0, 0.05) is 47.4 Å². The molecule has 0 spiro atoms. The second-order valence-electron chi connectivity index (χ2n) is 5.17. The second-order valence-corrected chi connectivity index (χ2v) is 7.44. The van der Waals surface area contributed by atoms with E-state index in [0.717, 1.165) is 18.8 Å². The van der Waals surface area contributed by atoms with Crippen molar-refractivity contribution in [1.82, 2.24) is 14.9 Å². The Morgan fingerprint density at radius 2 is 2.40 bits per heavy atom. The number of aryl methyl sites for hydroxylation is 2. The van der Waals surface area contributed by atoms with Crippen molar-refractivity contribution in [2.45, 2.75) is 31.6 Å². The van der Waals surface area contributed by atoms with Crippen molar-refractivity contribution in [2.75, 3.05) is 12.3 Å². The Morgan fingerprint density at radius 1 is 1.50 bits per heavy atom. The fraction of sp³-hybridized carbons (Fsp3) is 0.533. The average molecular weight is 307 g/mol. The molecule has 0 aliphatic carbocycles. The van der Waals surface area contributed by atoms with Gasteiger partial charge in [0.05, 0.1) is 0 Å². The highest BCUT2D eigenvalue weighted by Gasteiger charge is 2.20. The third kappa shape index (κ3) is 2.95. The molecule has 0 aromatic carbocycles. The lowest BCUT2D eigenvalue weighted by Crippen LogP contribution is -2.23. The predicted octanol–water partition coefficient (Wildman–Crippen LogP) is 3.16. The quantitative estimate of drug-likeness (QED) is 0.920. The van der Waals surface area contributed by atoms with Gasteiger partial charge in [-0.2, -0.15) is 11.8 Å². The topological polar surface area (TPSA) is 29.9 Å². The van der Waals surface area contributed by atoms with E-state index in [1.807, 2.05) is 23.7 Å². The summed E-state index contributed by atoms with van der Waals surface area (Å²) in [6.07, 6.45) is 6.11. The molecule has 3 nitrogen and oxygen atoms in total. The lowest BCUT2D eigenvalue weighted by molar-refractivity contribution is 0.536. The number of thiophene rings is 1. The van der Waals surface area contributed by atoms with Gasteiger partial charge in [-0.05, 0) is 30.3 Å². The first-order valence-corrected chi connectivity index (χ1v) is 9.14. The number of fused-ring (bicyclic) bond motifs is 1. The first kappa shape index (κ1) is 14.2. The Kier molecular flexibility index (Phi) is 4.48. The molecule has 1 atom stereocenters. The van der Waals surface area contributed by atoms with Gasteiger partial charge in [-0.25, -0.2) is 4.98 Å². The third-order valence-corrected chi connectivity index (χ3v) is 6.11. The number of hydrogen-bond acceptors (Lipinski definition) is 4. The summed E-state index contributed by atoms with van der Waals surface area (Å²) in [4.78, 5) is 7.54. The molecule has 2 aromatic heterocycles. The molecule has 1 aliphatic rings. The number of nitrogens with zero attached hydrogens (tertiary/aromatic N) is 2. The maximum absolute atomic E-state index is 4.47. The third-order valence-electron chi connectivity index (χ3n) is 3.75. The highest BCUT2D eigenvalue weighted by molar-refractivity contribution is 7.98. The van der Waals surface area contributed by atoms with E-state index < -0.39 is 0 Å². The minimum Gasteiger partial charge on any atom is -0.338 e. The zero-order chi connectivity index (χ0) is 13.9. The summed E-state index contributed by atoms with van der Waals surface area (Å²) in [5.74, 6) is 3.61. The van der Waals surface area contributed by atoms with E-state index in [1.165, 1.54) is 22.8 Å². The van der Waals surface area contributed by atoms with E-state index >= 15 is 0 Å². The summed E-state index contributed by atoms with van der Waals surface area (Å²) in [5.41, 5.74) is 1.56. The highest BCUT2D eigenvalue weighted by atomic mass is 32.2. The monoisotopic (exact) mass is 307 g/mol. The molecule has 5 heteroatoms. The van der Waals surface area contributed by atoms with Gasteiger partial charge in [-0.1, -0.05) is 6.92 Å². The van der Waals surface area contributed by atoms with Crippen molar-refractivity contribution in [3.05, 3.63) is 39.6 Å². The Morgan fingerprint density at radius 3 is 3.10 bits per heavy atom. The fourth-order valence-electron chi connectivity index (χ4n) is 2.64. The average Bonchev–Trinajstić information content (AvgIpc) is 3.04. The highest BCUT2D eigenvalue weighted by Crippen LogP contribution is 2.35. The summed E-state index contributed by atoms with van der Waals surface area (Å²) in [7, 11) is 2.07. The zero-order valence-corrected chi connectivity index (χ0v) is 13.7. The van der Waals surface area contributed by atoms with Gasteiger partial charge in [0.15, 0.2) is 0 Å². The normalized spacial score (nSPS) is 16.1. The molecule has 20 heavy (non-hydrogen) atoms. The number of hydrogen-bond donors (Lipinski definition) is 1. The van der Waals surface area contributed by atoms with Crippen molar-refractivity contribution in [2.24, 2.45) is 7.05 Å². The molecule has 3 heterocycles. The van der Waals surface area contributed by atoms with Crippen LogP contribution < -0.4 is 5.32 Å². The van der Waals surface area contributed by atoms with E-state index in [0.29, 0.717) is 6.04 Å². The van der Waals surface area contributed by atoms with E-state index in [4.69, 9.17) is 0 Å². The molecular weight excluding hydrogens is 286 g/mol. The summed E-state index contributed by atoms with van der Waals surface area (Å²) >= 11 is 4.05. The van der Waals surface area contributed by atoms with E-state index in [9.17, 15) is 0 Å². The second kappa shape index (κ2) is 6.33. The van der Waals surface area contributed by atoms with E-state index in [1.54, 1.807) is 10.4 Å². The van der Waals surface area contributed by atoms with Crippen LogP contribution >= 0.6 is 23.1 Å². The maximum atomic E-state index is 4.47. The molecule has 0 amide bonds. The Labute approximate surface area is 128 Å². The molecule has 0 radical (unpaired) electrons. The van der Waals surface area contributed by atoms with Gasteiger partial charge < -0.3 is 9.88 Å². The largest absolute Gasteiger partial charge is 0.338 e. The summed E-state index contributed by atoms with van der Waals surface area (Å²) in [6, 6.07) is 2.81. The van der Waals surface area contributed by atoms with Crippen LogP contribution in [-0.2, 0) is 25.6 Å². The molecule has 0 saturated carbocycles. The van der Waals surface area contributed by atoms with Crippen LogP contribution in [0.2, 0.25) is 0 Å². The van der Waals surface area contributed by atoms with Crippen molar-refractivity contribution < 1.29 is 0 Å². The van der Waals surface area contributed by atoms with Gasteiger partial charge >= 0.3 is 0 Å². The van der Waals surface area contributed by atoms with Crippen molar-refractivity contribution in [1.29, 1.82) is 0 Å². The van der Waals surface area contributed by atoms with E-state index in [-0.39, 0.29) is 0 Å². The van der Waals surface area contributed by atoms with Crippen molar-refractivity contribution in [3.8, 4) is 0 Å². The van der Waals surface area contributed by atoms with Gasteiger partial charge in [0.2, 0.25) is 0 Å². The minimum absolute atomic E-state index is 0.390. The summed E-state index contributed by atoms with van der Waals surface area (Å²) < 4.78 is 2.12. The molecule has 0 fully saturated rings. The number of rotatable bonds is 5. The smallest absolute Gasteiger partial charge is 0.110 e. The SMILES string of the molecule is CCNC(Cc1nccn1C)c1cc2c(s1)CCSC2. The molecule has 1 N–H and O–H groups in total. The van der Waals surface area contributed by atoms with Crippen LogP contribution in [0.4, 0.5) is 0 Å². The van der Waals surface area contributed by atoms with Gasteiger partial charge in [-0.3, -0.25) is 0 Å². The number of likely N-dealkylation sites (N-methyl/N-ethyl adjacent to an activating group) is 1. The first-order valence-electron chi connectivity index (χ1n) is 7.16. The Balaban J connectivity index is 1.82. The number of imidazole rings is 1. The van der Waals surface area contributed by atoms with Crippen LogP contribution in [0.5, 0.6) is 0 Å². The molecule has 0 saturated heterocycles. The maximum Gasteiger partial charge on any atom is 0.110 e. The van der Waals surface area contributed by atoms with Gasteiger partial charge in [0.1, 0.15) is 5.82 Å². The molecule has 2 aromatic rings.